The number of hydrogen-bond donors (Lipinski definition) is 0. The molecule has 0 radical (unpaired) electrons. The van der Waals surface area contributed by atoms with Crippen molar-refractivity contribution in [2.75, 3.05) is 21.2 Å². The molecule has 0 saturated carbocycles. The molecule has 0 aliphatic heterocycles. The summed E-state index contributed by atoms with van der Waals surface area (Å²) in [6.45, 7) is 0. The summed E-state index contributed by atoms with van der Waals surface area (Å²) in [5, 5.41) is 0.315. The number of ether oxygens (including phenoxy) is 3. The molecule has 1 heterocycles. The minimum atomic E-state index is -0.523. The predicted molar refractivity (Wildman–Crippen MR) is 95.3 cm³/mol. The Kier molecular flexibility index (Phi) is 4.79. The Morgan fingerprint density at radius 2 is 1.81 bits per heavy atom. The van der Waals surface area contributed by atoms with Crippen LogP contribution in [-0.4, -0.2) is 32.2 Å². The van der Waals surface area contributed by atoms with Crippen LogP contribution in [0.1, 0.15) is 0 Å². The van der Waals surface area contributed by atoms with Gasteiger partial charge in [0.05, 0.1) is 12.5 Å². The van der Waals surface area contributed by atoms with E-state index in [1.54, 1.807) is 45.5 Å². The number of methoxy groups -OCH3 is 1. The molecule has 0 atom stereocenters. The van der Waals surface area contributed by atoms with E-state index in [1.165, 1.54) is 29.4 Å². The molecule has 1 amide bonds. The van der Waals surface area contributed by atoms with Crippen LogP contribution >= 0.6 is 0 Å². The lowest BCUT2D eigenvalue weighted by molar-refractivity contribution is 0.172. The summed E-state index contributed by atoms with van der Waals surface area (Å²) in [7, 11) is 4.70. The first-order valence-electron chi connectivity index (χ1n) is 7.74. The molecular formula is C19H17NO6. The highest BCUT2D eigenvalue weighted by molar-refractivity contribution is 5.80. The molecule has 7 heteroatoms. The third-order valence-corrected chi connectivity index (χ3v) is 3.55. The minimum absolute atomic E-state index is 0.0452. The third kappa shape index (κ3) is 3.61. The molecule has 7 nitrogen and oxygen atoms in total. The lowest BCUT2D eigenvalue weighted by atomic mass is 10.2. The van der Waals surface area contributed by atoms with Crippen LogP contribution in [-0.2, 0) is 0 Å². The van der Waals surface area contributed by atoms with Gasteiger partial charge in [0.15, 0.2) is 0 Å². The number of carbonyl (C=O) groups excluding carboxylic acids is 1. The fourth-order valence-corrected chi connectivity index (χ4v) is 2.21. The second-order valence-electron chi connectivity index (χ2n) is 5.63. The molecule has 26 heavy (non-hydrogen) atoms. The highest BCUT2D eigenvalue weighted by Crippen LogP contribution is 2.26. The van der Waals surface area contributed by atoms with Crippen molar-refractivity contribution >= 4 is 17.1 Å². The van der Waals surface area contributed by atoms with Gasteiger partial charge in [0, 0.05) is 26.2 Å². The van der Waals surface area contributed by atoms with Crippen LogP contribution in [0.5, 0.6) is 23.0 Å². The Morgan fingerprint density at radius 1 is 1.04 bits per heavy atom. The van der Waals surface area contributed by atoms with E-state index in [-0.39, 0.29) is 22.5 Å². The van der Waals surface area contributed by atoms with Crippen LogP contribution in [0.4, 0.5) is 4.79 Å². The standard InChI is InChI=1S/C19H17NO6/c1-20(2)19(22)26-14-7-8-15-16(10-14)24-11-17(18(15)21)25-13-6-4-5-12(9-13)23-3/h4-11H,1-3H3. The first-order chi connectivity index (χ1) is 12.5. The van der Waals surface area contributed by atoms with Gasteiger partial charge in [-0.2, -0.15) is 0 Å². The number of hydrogen-bond acceptors (Lipinski definition) is 6. The van der Waals surface area contributed by atoms with Gasteiger partial charge in [0.25, 0.3) is 0 Å². The van der Waals surface area contributed by atoms with E-state index in [9.17, 15) is 9.59 Å². The van der Waals surface area contributed by atoms with E-state index >= 15 is 0 Å². The van der Waals surface area contributed by atoms with Gasteiger partial charge in [-0.1, -0.05) is 6.07 Å². The van der Waals surface area contributed by atoms with Gasteiger partial charge >= 0.3 is 6.09 Å². The molecule has 0 N–H and O–H groups in total. The van der Waals surface area contributed by atoms with Crippen molar-refractivity contribution in [1.82, 2.24) is 4.90 Å². The summed E-state index contributed by atoms with van der Waals surface area (Å²) in [6, 6.07) is 11.4. The highest BCUT2D eigenvalue weighted by Gasteiger charge is 2.12. The molecule has 0 unspecified atom stereocenters. The van der Waals surface area contributed by atoms with Crippen molar-refractivity contribution < 1.29 is 23.4 Å². The van der Waals surface area contributed by atoms with Crippen LogP contribution in [0.15, 0.2) is 57.9 Å². The van der Waals surface area contributed by atoms with Crippen molar-refractivity contribution in [2.45, 2.75) is 0 Å². The summed E-state index contributed by atoms with van der Waals surface area (Å²) in [5.41, 5.74) is -0.0448. The zero-order chi connectivity index (χ0) is 18.7. The van der Waals surface area contributed by atoms with Crippen molar-refractivity contribution in [3.63, 3.8) is 0 Å². The molecular weight excluding hydrogens is 338 g/mol. The predicted octanol–water partition coefficient (Wildman–Crippen LogP) is 3.65. The van der Waals surface area contributed by atoms with E-state index in [0.29, 0.717) is 16.9 Å². The molecule has 0 aliphatic carbocycles. The Balaban J connectivity index is 1.91. The Hall–Kier alpha value is -3.48. The monoisotopic (exact) mass is 355 g/mol. The number of nitrogens with zero attached hydrogens (tertiary/aromatic N) is 1. The van der Waals surface area contributed by atoms with Crippen molar-refractivity contribution in [1.29, 1.82) is 0 Å². The van der Waals surface area contributed by atoms with Crippen LogP contribution in [0, 0.1) is 0 Å². The Morgan fingerprint density at radius 3 is 2.54 bits per heavy atom. The quantitative estimate of drug-likeness (QED) is 0.711. The molecule has 0 aliphatic rings. The second kappa shape index (κ2) is 7.18. The molecule has 3 rings (SSSR count). The van der Waals surface area contributed by atoms with Gasteiger partial charge in [-0.25, -0.2) is 4.79 Å². The van der Waals surface area contributed by atoms with Gasteiger partial charge in [-0.3, -0.25) is 4.79 Å². The first kappa shape index (κ1) is 17.3. The molecule has 3 aromatic rings. The zero-order valence-electron chi connectivity index (χ0n) is 14.5. The molecule has 134 valence electrons. The second-order valence-corrected chi connectivity index (χ2v) is 5.63. The number of carbonyl (C=O) groups is 1. The average Bonchev–Trinajstić information content (AvgIpc) is 2.64. The zero-order valence-corrected chi connectivity index (χ0v) is 14.5. The van der Waals surface area contributed by atoms with E-state index < -0.39 is 6.09 Å². The number of rotatable bonds is 4. The molecule has 0 saturated heterocycles. The van der Waals surface area contributed by atoms with E-state index in [2.05, 4.69) is 0 Å². The van der Waals surface area contributed by atoms with Crippen LogP contribution in [0.2, 0.25) is 0 Å². The summed E-state index contributed by atoms with van der Waals surface area (Å²) in [5.74, 6) is 1.39. The lowest BCUT2D eigenvalue weighted by Gasteiger charge is -2.11. The number of amides is 1. The molecule has 1 aromatic heterocycles. The Bertz CT molecular complexity index is 1010. The number of fused-ring (bicyclic) bond motifs is 1. The summed E-state index contributed by atoms with van der Waals surface area (Å²) >= 11 is 0. The SMILES string of the molecule is COc1cccc(Oc2coc3cc(OC(=O)N(C)C)ccc3c2=O)c1. The maximum Gasteiger partial charge on any atom is 0.414 e. The first-order valence-corrected chi connectivity index (χ1v) is 7.74. The van der Waals surface area contributed by atoms with Gasteiger partial charge in [0.2, 0.25) is 11.2 Å². The Labute approximate surface area is 149 Å². The molecule has 2 aromatic carbocycles. The highest BCUT2D eigenvalue weighted by atomic mass is 16.6. The van der Waals surface area contributed by atoms with E-state index in [4.69, 9.17) is 18.6 Å². The van der Waals surface area contributed by atoms with Gasteiger partial charge in [0.1, 0.15) is 29.1 Å². The van der Waals surface area contributed by atoms with Gasteiger partial charge < -0.3 is 23.5 Å². The summed E-state index contributed by atoms with van der Waals surface area (Å²) < 4.78 is 21.4. The molecule has 0 bridgehead atoms. The maximum absolute atomic E-state index is 12.6. The smallest absolute Gasteiger partial charge is 0.414 e. The maximum atomic E-state index is 12.6. The van der Waals surface area contributed by atoms with Crippen molar-refractivity contribution in [3.8, 4) is 23.0 Å². The largest absolute Gasteiger partial charge is 0.497 e. The lowest BCUT2D eigenvalue weighted by Crippen LogP contribution is -2.25. The van der Waals surface area contributed by atoms with Crippen LogP contribution in [0.25, 0.3) is 11.0 Å². The van der Waals surface area contributed by atoms with Gasteiger partial charge in [-0.15, -0.1) is 0 Å². The van der Waals surface area contributed by atoms with Crippen LogP contribution < -0.4 is 19.6 Å². The number of benzene rings is 2. The summed E-state index contributed by atoms with van der Waals surface area (Å²) in [4.78, 5) is 25.5. The van der Waals surface area contributed by atoms with Crippen molar-refractivity contribution in [2.24, 2.45) is 0 Å². The van der Waals surface area contributed by atoms with Crippen molar-refractivity contribution in [3.05, 3.63) is 59.0 Å². The summed E-state index contributed by atoms with van der Waals surface area (Å²) in [6.07, 6.45) is 0.700. The van der Waals surface area contributed by atoms with Gasteiger partial charge in [-0.05, 0) is 24.3 Å². The molecule has 0 fully saturated rings. The fraction of sp³-hybridized carbons (Fsp3) is 0.158. The van der Waals surface area contributed by atoms with E-state index in [1.807, 2.05) is 0 Å². The normalized spacial score (nSPS) is 10.4. The fourth-order valence-electron chi connectivity index (χ4n) is 2.21. The molecule has 0 spiro atoms. The topological polar surface area (TPSA) is 78.2 Å². The van der Waals surface area contributed by atoms with E-state index in [0.717, 1.165) is 0 Å². The average molecular weight is 355 g/mol. The minimum Gasteiger partial charge on any atom is -0.497 e. The third-order valence-electron chi connectivity index (χ3n) is 3.55. The van der Waals surface area contributed by atoms with Crippen LogP contribution in [0.3, 0.4) is 0 Å².